The lowest BCUT2D eigenvalue weighted by Gasteiger charge is -2.03. The van der Waals surface area contributed by atoms with E-state index in [2.05, 4.69) is 10.1 Å². The molecule has 22 heavy (non-hydrogen) atoms. The quantitative estimate of drug-likeness (QED) is 0.730. The molecule has 3 rings (SSSR count). The van der Waals surface area contributed by atoms with Gasteiger partial charge in [0.15, 0.2) is 0 Å². The van der Waals surface area contributed by atoms with Crippen LogP contribution in [0.1, 0.15) is 10.4 Å². The molecule has 0 saturated heterocycles. The first-order valence-corrected chi connectivity index (χ1v) is 6.57. The standard InChI is InChI=1S/C17H13N3O.ClH/c21-17(14-7-3-1-4-8-14)19-15-11-12-20(18-13-15)16-9-5-2-6-10-16;/h1-13H;1H. The second-order valence-electron chi connectivity index (χ2n) is 4.45. The van der Waals surface area contributed by atoms with Crippen LogP contribution in [0.2, 0.25) is 0 Å². The zero-order chi connectivity index (χ0) is 14.5. The average molecular weight is 312 g/mol. The summed E-state index contributed by atoms with van der Waals surface area (Å²) in [5.74, 6) is -0.269. The van der Waals surface area contributed by atoms with Crippen molar-refractivity contribution in [2.45, 2.75) is 0 Å². The Labute approximate surface area is 134 Å². The normalized spacial score (nSPS) is 10.8. The second-order valence-corrected chi connectivity index (χ2v) is 4.45. The number of hydrogen-bond donors (Lipinski definition) is 0. The van der Waals surface area contributed by atoms with E-state index in [0.29, 0.717) is 10.9 Å². The number of aromatic nitrogens is 2. The number of amides is 1. The minimum atomic E-state index is -0.269. The number of rotatable bonds is 2. The molecule has 0 bridgehead atoms. The van der Waals surface area contributed by atoms with Gasteiger partial charge in [-0.25, -0.2) is 9.67 Å². The third-order valence-corrected chi connectivity index (χ3v) is 2.97. The van der Waals surface area contributed by atoms with Gasteiger partial charge in [0.1, 0.15) is 0 Å². The number of para-hydroxylation sites is 1. The monoisotopic (exact) mass is 311 g/mol. The summed E-state index contributed by atoms with van der Waals surface area (Å²) in [5.41, 5.74) is 1.52. The molecule has 0 aliphatic rings. The summed E-state index contributed by atoms with van der Waals surface area (Å²) in [6.45, 7) is 0. The van der Waals surface area contributed by atoms with E-state index in [9.17, 15) is 4.79 Å². The van der Waals surface area contributed by atoms with Crippen molar-refractivity contribution in [2.75, 3.05) is 0 Å². The van der Waals surface area contributed by atoms with Crippen molar-refractivity contribution < 1.29 is 4.79 Å². The molecule has 0 aliphatic heterocycles. The van der Waals surface area contributed by atoms with Crippen molar-refractivity contribution >= 4 is 18.3 Å². The number of halogens is 1. The van der Waals surface area contributed by atoms with E-state index in [0.717, 1.165) is 5.69 Å². The van der Waals surface area contributed by atoms with Crippen LogP contribution in [0.5, 0.6) is 0 Å². The van der Waals surface area contributed by atoms with Gasteiger partial charge in [0, 0.05) is 11.8 Å². The van der Waals surface area contributed by atoms with Gasteiger partial charge < -0.3 is 0 Å². The van der Waals surface area contributed by atoms with Crippen LogP contribution in [0.15, 0.2) is 84.1 Å². The van der Waals surface area contributed by atoms with Crippen LogP contribution in [-0.2, 0) is 0 Å². The van der Waals surface area contributed by atoms with E-state index < -0.39 is 0 Å². The largest absolute Gasteiger partial charge is 0.277 e. The molecule has 1 heterocycles. The smallest absolute Gasteiger partial charge is 0.267 e. The third-order valence-electron chi connectivity index (χ3n) is 2.97. The van der Waals surface area contributed by atoms with Crippen molar-refractivity contribution in [3.8, 4) is 5.69 Å². The van der Waals surface area contributed by atoms with E-state index in [1.54, 1.807) is 35.3 Å². The zero-order valence-corrected chi connectivity index (χ0v) is 12.5. The van der Waals surface area contributed by atoms with E-state index in [1.165, 1.54) is 0 Å². The Hall–Kier alpha value is -2.72. The number of carbonyl (C=O) groups is 1. The maximum atomic E-state index is 12.0. The molecule has 0 saturated carbocycles. The van der Waals surface area contributed by atoms with Gasteiger partial charge in [-0.2, -0.15) is 5.10 Å². The molecule has 2 aromatic carbocycles. The molecular weight excluding hydrogens is 298 g/mol. The molecule has 3 aromatic rings. The molecule has 0 spiro atoms. The van der Waals surface area contributed by atoms with Crippen molar-refractivity contribution in [3.05, 3.63) is 90.0 Å². The molecule has 4 nitrogen and oxygen atoms in total. The molecule has 0 radical (unpaired) electrons. The summed E-state index contributed by atoms with van der Waals surface area (Å²) >= 11 is 0. The predicted molar refractivity (Wildman–Crippen MR) is 87.1 cm³/mol. The second kappa shape index (κ2) is 7.33. The van der Waals surface area contributed by atoms with Crippen LogP contribution >= 0.6 is 12.4 Å². The van der Waals surface area contributed by atoms with Crippen LogP contribution in [0, 0.1) is 0 Å². The highest BCUT2D eigenvalue weighted by Gasteiger charge is 2.01. The minimum absolute atomic E-state index is 0. The van der Waals surface area contributed by atoms with Gasteiger partial charge in [0.05, 0.1) is 17.2 Å². The van der Waals surface area contributed by atoms with Gasteiger partial charge in [0.2, 0.25) is 0 Å². The summed E-state index contributed by atoms with van der Waals surface area (Å²) in [5, 5.41) is 4.80. The zero-order valence-electron chi connectivity index (χ0n) is 11.7. The number of carbonyl (C=O) groups excluding carboxylic acids is 1. The first-order valence-electron chi connectivity index (χ1n) is 6.57. The highest BCUT2D eigenvalue weighted by Crippen LogP contribution is 2.03. The Balaban J connectivity index is 0.00000176. The summed E-state index contributed by atoms with van der Waals surface area (Å²) in [6, 6.07) is 20.5. The van der Waals surface area contributed by atoms with Crippen molar-refractivity contribution in [2.24, 2.45) is 4.99 Å². The molecule has 1 amide bonds. The number of nitrogens with zero attached hydrogens (tertiary/aromatic N) is 3. The van der Waals surface area contributed by atoms with Crippen molar-refractivity contribution in [1.82, 2.24) is 9.78 Å². The van der Waals surface area contributed by atoms with Gasteiger partial charge in [-0.05, 0) is 30.3 Å². The van der Waals surface area contributed by atoms with Crippen molar-refractivity contribution in [1.29, 1.82) is 0 Å². The Kier molecular flexibility index (Phi) is 5.22. The van der Waals surface area contributed by atoms with Crippen LogP contribution in [0.3, 0.4) is 0 Å². The van der Waals surface area contributed by atoms with Crippen LogP contribution in [-0.4, -0.2) is 15.7 Å². The molecule has 0 fully saturated rings. The lowest BCUT2D eigenvalue weighted by molar-refractivity contribution is 0.0998. The van der Waals surface area contributed by atoms with Crippen LogP contribution < -0.4 is 5.36 Å². The SMILES string of the molecule is Cl.O=C(N=c1ccn(-c2ccccc2)nc1)c1ccccc1. The fraction of sp³-hybridized carbons (Fsp3) is 0. The van der Waals surface area contributed by atoms with Gasteiger partial charge in [0.25, 0.3) is 5.91 Å². The highest BCUT2D eigenvalue weighted by atomic mass is 35.5. The van der Waals surface area contributed by atoms with E-state index in [1.807, 2.05) is 48.5 Å². The minimum Gasteiger partial charge on any atom is -0.267 e. The maximum absolute atomic E-state index is 12.0. The van der Waals surface area contributed by atoms with Gasteiger partial charge in [-0.1, -0.05) is 36.4 Å². The summed E-state index contributed by atoms with van der Waals surface area (Å²) < 4.78 is 1.73. The molecule has 5 heteroatoms. The van der Waals surface area contributed by atoms with E-state index >= 15 is 0 Å². The lowest BCUT2D eigenvalue weighted by Crippen LogP contribution is -2.11. The number of benzene rings is 2. The molecule has 0 atom stereocenters. The van der Waals surface area contributed by atoms with Gasteiger partial charge in [-0.15, -0.1) is 12.4 Å². The molecule has 0 aliphatic carbocycles. The van der Waals surface area contributed by atoms with Gasteiger partial charge >= 0.3 is 0 Å². The first kappa shape index (κ1) is 15.7. The molecule has 1 aromatic heterocycles. The van der Waals surface area contributed by atoms with Crippen molar-refractivity contribution in [3.63, 3.8) is 0 Å². The third kappa shape index (κ3) is 3.68. The van der Waals surface area contributed by atoms with E-state index in [4.69, 9.17) is 0 Å². The molecular formula is C17H14ClN3O. The van der Waals surface area contributed by atoms with E-state index in [-0.39, 0.29) is 18.3 Å². The highest BCUT2D eigenvalue weighted by molar-refractivity contribution is 5.94. The summed E-state index contributed by atoms with van der Waals surface area (Å²) in [7, 11) is 0. The topological polar surface area (TPSA) is 47.2 Å². The molecule has 0 N–H and O–H groups in total. The summed E-state index contributed by atoms with van der Waals surface area (Å²) in [6.07, 6.45) is 3.36. The molecule has 0 unspecified atom stereocenters. The predicted octanol–water partition coefficient (Wildman–Crippen LogP) is 3.04. The summed E-state index contributed by atoms with van der Waals surface area (Å²) in [4.78, 5) is 16.0. The average Bonchev–Trinajstić information content (AvgIpc) is 2.57. The Bertz CT molecular complexity index is 794. The lowest BCUT2D eigenvalue weighted by atomic mass is 10.2. The Morgan fingerprint density at radius 2 is 1.55 bits per heavy atom. The fourth-order valence-electron chi connectivity index (χ4n) is 1.91. The van der Waals surface area contributed by atoms with Gasteiger partial charge in [-0.3, -0.25) is 4.79 Å². The number of hydrogen-bond acceptors (Lipinski definition) is 2. The molecule has 110 valence electrons. The van der Waals surface area contributed by atoms with Crippen LogP contribution in [0.25, 0.3) is 5.69 Å². The fourth-order valence-corrected chi connectivity index (χ4v) is 1.91. The van der Waals surface area contributed by atoms with Crippen LogP contribution in [0.4, 0.5) is 0 Å². The maximum Gasteiger partial charge on any atom is 0.277 e. The Morgan fingerprint density at radius 3 is 2.14 bits per heavy atom. The Morgan fingerprint density at radius 1 is 0.909 bits per heavy atom. The first-order chi connectivity index (χ1) is 10.3.